The van der Waals surface area contributed by atoms with Gasteiger partial charge in [-0.05, 0) is 45.6 Å². The van der Waals surface area contributed by atoms with Gasteiger partial charge in [-0.15, -0.1) is 0 Å². The van der Waals surface area contributed by atoms with Crippen molar-refractivity contribution in [2.75, 3.05) is 0 Å². The maximum Gasteiger partial charge on any atom is 0.268 e. The zero-order chi connectivity index (χ0) is 14.7. The SMILES string of the molecule is CC(C)C(NC(=O)c1cc(Br)c[nH]1)c1ccc(Cl)cc1. The Bertz CT molecular complexity index is 592. The van der Waals surface area contributed by atoms with E-state index in [9.17, 15) is 4.79 Å². The Balaban J connectivity index is 2.17. The van der Waals surface area contributed by atoms with Crippen LogP contribution in [0.15, 0.2) is 41.0 Å². The molecular weight excluding hydrogens is 340 g/mol. The van der Waals surface area contributed by atoms with Gasteiger partial charge in [0.05, 0.1) is 6.04 Å². The summed E-state index contributed by atoms with van der Waals surface area (Å²) in [4.78, 5) is 15.2. The molecule has 1 amide bonds. The number of amides is 1. The largest absolute Gasteiger partial charge is 0.356 e. The third-order valence-corrected chi connectivity index (χ3v) is 3.78. The molecule has 20 heavy (non-hydrogen) atoms. The van der Waals surface area contributed by atoms with Crippen molar-refractivity contribution in [1.29, 1.82) is 0 Å². The summed E-state index contributed by atoms with van der Waals surface area (Å²) in [6.07, 6.45) is 1.74. The van der Waals surface area contributed by atoms with Gasteiger partial charge >= 0.3 is 0 Å². The summed E-state index contributed by atoms with van der Waals surface area (Å²) in [5.41, 5.74) is 1.58. The van der Waals surface area contributed by atoms with E-state index >= 15 is 0 Å². The maximum atomic E-state index is 12.2. The summed E-state index contributed by atoms with van der Waals surface area (Å²) >= 11 is 9.23. The van der Waals surface area contributed by atoms with Crippen LogP contribution in [-0.2, 0) is 0 Å². The van der Waals surface area contributed by atoms with Gasteiger partial charge < -0.3 is 10.3 Å². The lowest BCUT2D eigenvalue weighted by atomic mass is 9.96. The van der Waals surface area contributed by atoms with E-state index in [1.54, 1.807) is 12.3 Å². The molecule has 0 spiro atoms. The van der Waals surface area contributed by atoms with E-state index < -0.39 is 0 Å². The second-order valence-corrected chi connectivity index (χ2v) is 6.33. The maximum absolute atomic E-state index is 12.2. The average molecular weight is 356 g/mol. The molecule has 2 rings (SSSR count). The van der Waals surface area contributed by atoms with E-state index in [-0.39, 0.29) is 17.9 Å². The van der Waals surface area contributed by atoms with Crippen molar-refractivity contribution < 1.29 is 4.79 Å². The third-order valence-electron chi connectivity index (χ3n) is 3.07. The summed E-state index contributed by atoms with van der Waals surface area (Å²) in [5.74, 6) is 0.155. The highest BCUT2D eigenvalue weighted by atomic mass is 79.9. The predicted molar refractivity (Wildman–Crippen MR) is 85.0 cm³/mol. The molecule has 0 fully saturated rings. The first-order chi connectivity index (χ1) is 9.47. The molecule has 2 aromatic rings. The number of rotatable bonds is 4. The number of carbonyl (C=O) groups excluding carboxylic acids is 1. The van der Waals surface area contributed by atoms with Crippen LogP contribution >= 0.6 is 27.5 Å². The van der Waals surface area contributed by atoms with Crippen LogP contribution in [0.1, 0.15) is 35.9 Å². The van der Waals surface area contributed by atoms with Gasteiger partial charge in [0.15, 0.2) is 0 Å². The molecule has 1 unspecified atom stereocenters. The molecule has 0 saturated heterocycles. The Hall–Kier alpha value is -1.26. The standard InChI is InChI=1S/C15H16BrClN2O/c1-9(2)14(10-3-5-12(17)6-4-10)19-15(20)13-7-11(16)8-18-13/h3-9,14,18H,1-2H3,(H,19,20). The lowest BCUT2D eigenvalue weighted by Gasteiger charge is -2.22. The van der Waals surface area contributed by atoms with Crippen molar-refractivity contribution in [1.82, 2.24) is 10.3 Å². The molecule has 1 atom stereocenters. The molecule has 106 valence electrons. The quantitative estimate of drug-likeness (QED) is 0.830. The van der Waals surface area contributed by atoms with E-state index in [4.69, 9.17) is 11.6 Å². The highest BCUT2D eigenvalue weighted by Gasteiger charge is 2.19. The average Bonchev–Trinajstić information content (AvgIpc) is 2.83. The van der Waals surface area contributed by atoms with Gasteiger partial charge in [-0.2, -0.15) is 0 Å². The zero-order valence-electron chi connectivity index (χ0n) is 11.3. The number of nitrogens with one attached hydrogen (secondary N) is 2. The first-order valence-electron chi connectivity index (χ1n) is 6.37. The van der Waals surface area contributed by atoms with Crippen molar-refractivity contribution in [2.45, 2.75) is 19.9 Å². The lowest BCUT2D eigenvalue weighted by Crippen LogP contribution is -2.31. The van der Waals surface area contributed by atoms with E-state index in [0.717, 1.165) is 10.0 Å². The molecule has 1 aromatic heterocycles. The molecule has 1 aromatic carbocycles. The van der Waals surface area contributed by atoms with Gasteiger partial charge in [0.2, 0.25) is 0 Å². The van der Waals surface area contributed by atoms with Crippen LogP contribution in [0, 0.1) is 5.92 Å². The van der Waals surface area contributed by atoms with E-state index in [0.29, 0.717) is 10.7 Å². The summed E-state index contributed by atoms with van der Waals surface area (Å²) in [6.45, 7) is 4.15. The minimum absolute atomic E-state index is 0.0538. The molecule has 0 saturated carbocycles. The number of hydrogen-bond acceptors (Lipinski definition) is 1. The molecule has 0 radical (unpaired) electrons. The number of aromatic nitrogens is 1. The molecule has 3 nitrogen and oxygen atoms in total. The predicted octanol–water partition coefficient (Wildman–Crippen LogP) is 4.56. The molecule has 1 heterocycles. The van der Waals surface area contributed by atoms with Crippen molar-refractivity contribution in [3.8, 4) is 0 Å². The smallest absolute Gasteiger partial charge is 0.268 e. The second-order valence-electron chi connectivity index (χ2n) is 4.98. The Morgan fingerprint density at radius 3 is 2.45 bits per heavy atom. The van der Waals surface area contributed by atoms with Crippen LogP contribution in [0.4, 0.5) is 0 Å². The summed E-state index contributed by atoms with van der Waals surface area (Å²) in [6, 6.07) is 9.26. The topological polar surface area (TPSA) is 44.9 Å². The van der Waals surface area contributed by atoms with Gasteiger partial charge in [-0.25, -0.2) is 0 Å². The number of aromatic amines is 1. The number of hydrogen-bond donors (Lipinski definition) is 2. The molecule has 5 heteroatoms. The van der Waals surface area contributed by atoms with Crippen LogP contribution in [0.5, 0.6) is 0 Å². The number of halogens is 2. The van der Waals surface area contributed by atoms with Crippen LogP contribution in [0.2, 0.25) is 5.02 Å². The van der Waals surface area contributed by atoms with Gasteiger partial charge in [0.25, 0.3) is 5.91 Å². The number of carbonyl (C=O) groups is 1. The molecule has 0 bridgehead atoms. The summed E-state index contributed by atoms with van der Waals surface area (Å²) < 4.78 is 0.857. The van der Waals surface area contributed by atoms with Crippen molar-refractivity contribution in [2.24, 2.45) is 5.92 Å². The first-order valence-corrected chi connectivity index (χ1v) is 7.54. The molecule has 2 N–H and O–H groups in total. The Labute approximate surface area is 131 Å². The Morgan fingerprint density at radius 2 is 1.95 bits per heavy atom. The highest BCUT2D eigenvalue weighted by Crippen LogP contribution is 2.24. The van der Waals surface area contributed by atoms with Crippen LogP contribution in [-0.4, -0.2) is 10.9 Å². The first kappa shape index (κ1) is 15.1. The fraction of sp³-hybridized carbons (Fsp3) is 0.267. The monoisotopic (exact) mass is 354 g/mol. The van der Waals surface area contributed by atoms with Crippen LogP contribution in [0.3, 0.4) is 0 Å². The number of benzene rings is 1. The molecule has 0 aliphatic rings. The van der Waals surface area contributed by atoms with E-state index in [1.807, 2.05) is 24.3 Å². The minimum atomic E-state index is -0.121. The van der Waals surface area contributed by atoms with Gasteiger partial charge in [-0.1, -0.05) is 37.6 Å². The fourth-order valence-electron chi connectivity index (χ4n) is 2.02. The van der Waals surface area contributed by atoms with Crippen molar-refractivity contribution in [3.05, 3.63) is 57.3 Å². The van der Waals surface area contributed by atoms with Gasteiger partial charge in [0, 0.05) is 15.7 Å². The molecule has 0 aliphatic heterocycles. The summed E-state index contributed by atoms with van der Waals surface area (Å²) in [7, 11) is 0. The Morgan fingerprint density at radius 1 is 1.30 bits per heavy atom. The Kier molecular flexibility index (Phi) is 4.89. The lowest BCUT2D eigenvalue weighted by molar-refractivity contribution is 0.0921. The third kappa shape index (κ3) is 3.64. The summed E-state index contributed by atoms with van der Waals surface area (Å²) in [5, 5.41) is 3.74. The fourth-order valence-corrected chi connectivity index (χ4v) is 2.49. The van der Waals surface area contributed by atoms with E-state index in [1.165, 1.54) is 0 Å². The van der Waals surface area contributed by atoms with Gasteiger partial charge in [-0.3, -0.25) is 4.79 Å². The van der Waals surface area contributed by atoms with Crippen molar-refractivity contribution in [3.63, 3.8) is 0 Å². The molecule has 0 aliphatic carbocycles. The normalized spacial score (nSPS) is 12.4. The zero-order valence-corrected chi connectivity index (χ0v) is 13.6. The number of H-pyrrole nitrogens is 1. The van der Waals surface area contributed by atoms with Crippen molar-refractivity contribution >= 4 is 33.4 Å². The second kappa shape index (κ2) is 6.46. The highest BCUT2D eigenvalue weighted by molar-refractivity contribution is 9.10. The minimum Gasteiger partial charge on any atom is -0.356 e. The molecular formula is C15H16BrClN2O. The van der Waals surface area contributed by atoms with Crippen LogP contribution < -0.4 is 5.32 Å². The van der Waals surface area contributed by atoms with Crippen LogP contribution in [0.25, 0.3) is 0 Å². The van der Waals surface area contributed by atoms with E-state index in [2.05, 4.69) is 40.1 Å². The van der Waals surface area contributed by atoms with Gasteiger partial charge in [0.1, 0.15) is 5.69 Å².